The Morgan fingerprint density at radius 1 is 1.15 bits per heavy atom. The quantitative estimate of drug-likeness (QED) is 0.586. The third-order valence-electron chi connectivity index (χ3n) is 1.36. The van der Waals surface area contributed by atoms with Gasteiger partial charge in [-0.3, -0.25) is 0 Å². The maximum atomic E-state index is 5.10. The van der Waals surface area contributed by atoms with Crippen LogP contribution in [0, 0.1) is 0 Å². The minimum Gasteiger partial charge on any atom is -0.465 e. The van der Waals surface area contributed by atoms with Gasteiger partial charge in [-0.1, -0.05) is 13.2 Å². The molecule has 0 atom stereocenters. The van der Waals surface area contributed by atoms with Crippen LogP contribution in [0.1, 0.15) is 0 Å². The lowest BCUT2D eigenvalue weighted by atomic mass is 10.3. The van der Waals surface area contributed by atoms with E-state index in [-0.39, 0.29) is 0 Å². The second kappa shape index (κ2) is 4.62. The van der Waals surface area contributed by atoms with Gasteiger partial charge in [-0.05, 0) is 12.1 Å². The van der Waals surface area contributed by atoms with Gasteiger partial charge in [0.15, 0.2) is 0 Å². The van der Waals surface area contributed by atoms with Crippen molar-refractivity contribution >= 4 is 12.6 Å². The van der Waals surface area contributed by atoms with Crippen LogP contribution >= 0.6 is 12.6 Å². The number of hydrogen-bond donors (Lipinski definition) is 1. The predicted molar refractivity (Wildman–Crippen MR) is 55.3 cm³/mol. The van der Waals surface area contributed by atoms with Gasteiger partial charge in [0.05, 0.1) is 12.5 Å². The maximum Gasteiger partial charge on any atom is 0.143 e. The average molecular weight is 194 g/mol. The summed E-state index contributed by atoms with van der Waals surface area (Å²) in [7, 11) is 0. The van der Waals surface area contributed by atoms with Crippen LogP contribution in [0.4, 0.5) is 0 Å². The fraction of sp³-hybridized carbons (Fsp3) is 0. The Labute approximate surface area is 82.9 Å². The molecular weight excluding hydrogens is 184 g/mol. The molecule has 0 aromatic heterocycles. The van der Waals surface area contributed by atoms with Crippen molar-refractivity contribution in [3.8, 4) is 11.5 Å². The fourth-order valence-corrected chi connectivity index (χ4v) is 1.04. The number of benzene rings is 1. The molecule has 0 aliphatic heterocycles. The summed E-state index contributed by atoms with van der Waals surface area (Å²) < 4.78 is 10.2. The molecule has 1 rings (SSSR count). The monoisotopic (exact) mass is 194 g/mol. The van der Waals surface area contributed by atoms with Crippen LogP contribution in [0.15, 0.2) is 48.8 Å². The van der Waals surface area contributed by atoms with Crippen LogP contribution in [-0.2, 0) is 0 Å². The summed E-state index contributed by atoms with van der Waals surface area (Å²) in [6, 6.07) is 5.27. The minimum absolute atomic E-state index is 0.609. The summed E-state index contributed by atoms with van der Waals surface area (Å²) in [5.74, 6) is 1.27. The molecule has 0 N–H and O–H groups in total. The van der Waals surface area contributed by atoms with E-state index in [0.29, 0.717) is 11.5 Å². The van der Waals surface area contributed by atoms with Crippen molar-refractivity contribution in [1.29, 1.82) is 0 Å². The zero-order valence-corrected chi connectivity index (χ0v) is 7.96. The van der Waals surface area contributed by atoms with Crippen LogP contribution < -0.4 is 9.47 Å². The molecule has 0 fully saturated rings. The summed E-state index contributed by atoms with van der Waals surface area (Å²) in [5.41, 5.74) is 0. The van der Waals surface area contributed by atoms with E-state index in [2.05, 4.69) is 25.8 Å². The van der Waals surface area contributed by atoms with Crippen molar-refractivity contribution in [2.75, 3.05) is 0 Å². The molecule has 0 aliphatic rings. The van der Waals surface area contributed by atoms with E-state index >= 15 is 0 Å². The molecule has 68 valence electrons. The standard InChI is InChI=1S/C10H10O2S/c1-3-11-8-5-6-10(13)9(7-8)12-4-2/h3-7,13H,1-2H2. The highest BCUT2D eigenvalue weighted by atomic mass is 32.1. The van der Waals surface area contributed by atoms with Crippen LogP contribution in [-0.4, -0.2) is 0 Å². The summed E-state index contributed by atoms with van der Waals surface area (Å²) in [6.07, 6.45) is 2.69. The fourth-order valence-electron chi connectivity index (χ4n) is 0.848. The summed E-state index contributed by atoms with van der Waals surface area (Å²) in [4.78, 5) is 0.733. The second-order valence-corrected chi connectivity index (χ2v) is 2.68. The van der Waals surface area contributed by atoms with Crippen LogP contribution in [0.3, 0.4) is 0 Å². The lowest BCUT2D eigenvalue weighted by Crippen LogP contribution is -1.85. The topological polar surface area (TPSA) is 18.5 Å². The first kappa shape index (κ1) is 9.74. The third-order valence-corrected chi connectivity index (χ3v) is 1.73. The Balaban J connectivity index is 2.95. The van der Waals surface area contributed by atoms with Crippen LogP contribution in [0.5, 0.6) is 11.5 Å². The highest BCUT2D eigenvalue weighted by Crippen LogP contribution is 2.27. The third kappa shape index (κ3) is 2.56. The highest BCUT2D eigenvalue weighted by molar-refractivity contribution is 7.80. The van der Waals surface area contributed by atoms with E-state index in [9.17, 15) is 0 Å². The predicted octanol–water partition coefficient (Wildman–Crippen LogP) is 3.02. The Kier molecular flexibility index (Phi) is 3.46. The average Bonchev–Trinajstić information content (AvgIpc) is 2.12. The van der Waals surface area contributed by atoms with Gasteiger partial charge in [-0.25, -0.2) is 0 Å². The van der Waals surface area contributed by atoms with Crippen molar-refractivity contribution in [3.05, 3.63) is 43.9 Å². The van der Waals surface area contributed by atoms with E-state index < -0.39 is 0 Å². The first-order valence-electron chi connectivity index (χ1n) is 3.66. The molecule has 0 saturated heterocycles. The molecule has 0 spiro atoms. The molecule has 1 aromatic carbocycles. The molecule has 0 aliphatic carbocycles. The SMILES string of the molecule is C=COc1ccc(S)c(OC=C)c1. The largest absolute Gasteiger partial charge is 0.465 e. The minimum atomic E-state index is 0.609. The number of rotatable bonds is 4. The van der Waals surface area contributed by atoms with Gasteiger partial charge in [-0.15, -0.1) is 12.6 Å². The van der Waals surface area contributed by atoms with Gasteiger partial charge in [-0.2, -0.15) is 0 Å². The molecule has 0 unspecified atom stereocenters. The van der Waals surface area contributed by atoms with Gasteiger partial charge >= 0.3 is 0 Å². The van der Waals surface area contributed by atoms with Gasteiger partial charge in [0.1, 0.15) is 11.5 Å². The Morgan fingerprint density at radius 2 is 1.85 bits per heavy atom. The molecule has 0 saturated carbocycles. The molecule has 0 bridgehead atoms. The lowest BCUT2D eigenvalue weighted by Gasteiger charge is -2.05. The molecule has 2 nitrogen and oxygen atoms in total. The van der Waals surface area contributed by atoms with Crippen molar-refractivity contribution in [1.82, 2.24) is 0 Å². The van der Waals surface area contributed by atoms with E-state index in [1.165, 1.54) is 12.5 Å². The van der Waals surface area contributed by atoms with Gasteiger partial charge in [0.2, 0.25) is 0 Å². The molecule has 0 radical (unpaired) electrons. The summed E-state index contributed by atoms with van der Waals surface area (Å²) in [6.45, 7) is 6.91. The first-order chi connectivity index (χ1) is 6.27. The van der Waals surface area contributed by atoms with E-state index in [1.54, 1.807) is 18.2 Å². The summed E-state index contributed by atoms with van der Waals surface area (Å²) >= 11 is 4.19. The smallest absolute Gasteiger partial charge is 0.143 e. The maximum absolute atomic E-state index is 5.10. The van der Waals surface area contributed by atoms with Crippen LogP contribution in [0.2, 0.25) is 0 Å². The highest BCUT2D eigenvalue weighted by Gasteiger charge is 2.00. The first-order valence-corrected chi connectivity index (χ1v) is 4.11. The lowest BCUT2D eigenvalue weighted by molar-refractivity contribution is 0.453. The number of ether oxygens (including phenoxy) is 2. The van der Waals surface area contributed by atoms with Gasteiger partial charge in [0.25, 0.3) is 0 Å². The van der Waals surface area contributed by atoms with Crippen molar-refractivity contribution < 1.29 is 9.47 Å². The Morgan fingerprint density at radius 3 is 2.46 bits per heavy atom. The van der Waals surface area contributed by atoms with Gasteiger partial charge in [0, 0.05) is 11.0 Å². The second-order valence-electron chi connectivity index (χ2n) is 2.20. The molecule has 0 amide bonds. The zero-order chi connectivity index (χ0) is 9.68. The van der Waals surface area contributed by atoms with Crippen molar-refractivity contribution in [2.45, 2.75) is 4.90 Å². The molecule has 1 aromatic rings. The molecular formula is C10H10O2S. The zero-order valence-electron chi connectivity index (χ0n) is 7.06. The normalized spacial score (nSPS) is 9.00. The van der Waals surface area contributed by atoms with E-state index in [0.717, 1.165) is 4.90 Å². The summed E-state index contributed by atoms with van der Waals surface area (Å²) in [5, 5.41) is 0. The molecule has 3 heteroatoms. The van der Waals surface area contributed by atoms with E-state index in [4.69, 9.17) is 9.47 Å². The molecule has 0 heterocycles. The van der Waals surface area contributed by atoms with E-state index in [1.807, 2.05) is 0 Å². The molecule has 13 heavy (non-hydrogen) atoms. The number of hydrogen-bond acceptors (Lipinski definition) is 3. The number of thiol groups is 1. The van der Waals surface area contributed by atoms with Crippen molar-refractivity contribution in [3.63, 3.8) is 0 Å². The van der Waals surface area contributed by atoms with Crippen molar-refractivity contribution in [2.24, 2.45) is 0 Å². The van der Waals surface area contributed by atoms with Crippen LogP contribution in [0.25, 0.3) is 0 Å². The Bertz CT molecular complexity index is 321. The Hall–Kier alpha value is -1.35. The van der Waals surface area contributed by atoms with Gasteiger partial charge < -0.3 is 9.47 Å².